The Morgan fingerprint density at radius 3 is 2.55 bits per heavy atom. The van der Waals surface area contributed by atoms with Crippen LogP contribution in [0.5, 0.6) is 0 Å². The van der Waals surface area contributed by atoms with Crippen molar-refractivity contribution in [2.75, 3.05) is 46.8 Å². The van der Waals surface area contributed by atoms with Gasteiger partial charge in [0.25, 0.3) is 0 Å². The van der Waals surface area contributed by atoms with E-state index in [0.717, 1.165) is 51.9 Å². The summed E-state index contributed by atoms with van der Waals surface area (Å²) in [4.78, 5) is 18.1. The first kappa shape index (κ1) is 15.7. The minimum absolute atomic E-state index is 0.154. The van der Waals surface area contributed by atoms with E-state index in [2.05, 4.69) is 9.80 Å². The number of amides is 1. The van der Waals surface area contributed by atoms with E-state index < -0.39 is 0 Å². The van der Waals surface area contributed by atoms with Gasteiger partial charge in [0, 0.05) is 33.2 Å². The van der Waals surface area contributed by atoms with Crippen LogP contribution < -0.4 is 0 Å². The van der Waals surface area contributed by atoms with E-state index in [-0.39, 0.29) is 12.0 Å². The number of hydrogen-bond donors (Lipinski definition) is 1. The van der Waals surface area contributed by atoms with Crippen LogP contribution in [-0.2, 0) is 4.79 Å². The van der Waals surface area contributed by atoms with Crippen molar-refractivity contribution in [1.82, 2.24) is 14.7 Å². The van der Waals surface area contributed by atoms with Crippen molar-refractivity contribution in [1.29, 1.82) is 0 Å². The molecule has 1 heterocycles. The molecule has 116 valence electrons. The molecular weight excluding hydrogens is 254 g/mol. The molecule has 1 amide bonds. The molecule has 0 radical (unpaired) electrons. The zero-order valence-electron chi connectivity index (χ0n) is 12.9. The fraction of sp³-hybridized carbons (Fsp3) is 0.933. The van der Waals surface area contributed by atoms with Crippen molar-refractivity contribution in [3.63, 3.8) is 0 Å². The van der Waals surface area contributed by atoms with Gasteiger partial charge < -0.3 is 10.0 Å². The Morgan fingerprint density at radius 2 is 1.85 bits per heavy atom. The van der Waals surface area contributed by atoms with Crippen molar-refractivity contribution in [3.8, 4) is 0 Å². The molecule has 2 atom stereocenters. The summed E-state index contributed by atoms with van der Waals surface area (Å²) in [5, 5.41) is 10.2. The highest BCUT2D eigenvalue weighted by Crippen LogP contribution is 2.24. The van der Waals surface area contributed by atoms with Crippen LogP contribution in [-0.4, -0.2) is 84.7 Å². The van der Waals surface area contributed by atoms with E-state index in [1.165, 1.54) is 6.42 Å². The summed E-state index contributed by atoms with van der Waals surface area (Å²) < 4.78 is 0. The lowest BCUT2D eigenvalue weighted by atomic mass is 9.91. The second kappa shape index (κ2) is 7.38. The number of nitrogens with zero attached hydrogens (tertiary/aromatic N) is 3. The van der Waals surface area contributed by atoms with Crippen LogP contribution in [0.15, 0.2) is 0 Å². The SMILES string of the molecule is CN(C)C(=O)CN1CCCN([C@@H]2CCCC[C@@H]2O)CC1. The number of carbonyl (C=O) groups excluding carboxylic acids is 1. The quantitative estimate of drug-likeness (QED) is 0.814. The Morgan fingerprint density at radius 1 is 1.10 bits per heavy atom. The van der Waals surface area contributed by atoms with Gasteiger partial charge in [-0.05, 0) is 32.4 Å². The molecule has 2 aliphatic rings. The van der Waals surface area contributed by atoms with Gasteiger partial charge in [0.15, 0.2) is 0 Å². The third-order valence-corrected chi connectivity index (χ3v) is 4.64. The lowest BCUT2D eigenvalue weighted by molar-refractivity contribution is -0.129. The minimum Gasteiger partial charge on any atom is -0.391 e. The highest BCUT2D eigenvalue weighted by atomic mass is 16.3. The fourth-order valence-electron chi connectivity index (χ4n) is 3.33. The van der Waals surface area contributed by atoms with Crippen molar-refractivity contribution in [2.45, 2.75) is 44.2 Å². The van der Waals surface area contributed by atoms with Crippen LogP contribution >= 0.6 is 0 Å². The molecule has 0 unspecified atom stereocenters. The fourth-order valence-corrected chi connectivity index (χ4v) is 3.33. The summed E-state index contributed by atoms with van der Waals surface area (Å²) in [7, 11) is 3.62. The smallest absolute Gasteiger partial charge is 0.236 e. The Balaban J connectivity index is 1.84. The summed E-state index contributed by atoms with van der Waals surface area (Å²) >= 11 is 0. The summed E-state index contributed by atoms with van der Waals surface area (Å²) in [6.07, 6.45) is 5.40. The molecule has 1 aliphatic heterocycles. The number of rotatable bonds is 3. The highest BCUT2D eigenvalue weighted by molar-refractivity contribution is 5.77. The van der Waals surface area contributed by atoms with E-state index >= 15 is 0 Å². The number of carbonyl (C=O) groups is 1. The van der Waals surface area contributed by atoms with Gasteiger partial charge in [-0.15, -0.1) is 0 Å². The summed E-state index contributed by atoms with van der Waals surface area (Å²) in [6.45, 7) is 4.46. The monoisotopic (exact) mass is 283 g/mol. The van der Waals surface area contributed by atoms with Gasteiger partial charge in [0.2, 0.25) is 5.91 Å². The van der Waals surface area contributed by atoms with Gasteiger partial charge in [0.05, 0.1) is 12.6 Å². The molecule has 0 aromatic heterocycles. The van der Waals surface area contributed by atoms with E-state index in [9.17, 15) is 9.90 Å². The number of likely N-dealkylation sites (N-methyl/N-ethyl adjacent to an activating group) is 1. The van der Waals surface area contributed by atoms with Gasteiger partial charge in [-0.25, -0.2) is 0 Å². The van der Waals surface area contributed by atoms with Gasteiger partial charge in [-0.1, -0.05) is 12.8 Å². The lowest BCUT2D eigenvalue weighted by Crippen LogP contribution is -2.47. The predicted octanol–water partition coefficient (Wildman–Crippen LogP) is 0.386. The highest BCUT2D eigenvalue weighted by Gasteiger charge is 2.30. The Hall–Kier alpha value is -0.650. The van der Waals surface area contributed by atoms with Crippen molar-refractivity contribution in [3.05, 3.63) is 0 Å². The maximum atomic E-state index is 11.8. The van der Waals surface area contributed by atoms with Crippen LogP contribution in [0.25, 0.3) is 0 Å². The van der Waals surface area contributed by atoms with Crippen LogP contribution in [0, 0.1) is 0 Å². The third-order valence-electron chi connectivity index (χ3n) is 4.64. The first-order valence-corrected chi connectivity index (χ1v) is 7.92. The average molecular weight is 283 g/mol. The topological polar surface area (TPSA) is 47.0 Å². The van der Waals surface area contributed by atoms with Gasteiger partial charge in [0.1, 0.15) is 0 Å². The molecule has 2 rings (SSSR count). The van der Waals surface area contributed by atoms with Gasteiger partial charge in [-0.2, -0.15) is 0 Å². The molecule has 1 saturated carbocycles. The standard InChI is InChI=1S/C15H29N3O2/c1-16(2)15(20)12-17-8-5-9-18(11-10-17)13-6-3-4-7-14(13)19/h13-14,19H,3-12H2,1-2H3/t13-,14+/m1/s1. The molecule has 0 aromatic carbocycles. The van der Waals surface area contributed by atoms with Crippen LogP contribution in [0.4, 0.5) is 0 Å². The Labute approximate surface area is 122 Å². The van der Waals surface area contributed by atoms with Crippen LogP contribution in [0.3, 0.4) is 0 Å². The molecular formula is C15H29N3O2. The summed E-state index contributed by atoms with van der Waals surface area (Å²) in [5.41, 5.74) is 0. The zero-order valence-corrected chi connectivity index (χ0v) is 12.9. The molecule has 0 bridgehead atoms. The number of hydrogen-bond acceptors (Lipinski definition) is 4. The second-order valence-electron chi connectivity index (χ2n) is 6.37. The van der Waals surface area contributed by atoms with E-state index in [1.54, 1.807) is 4.90 Å². The maximum absolute atomic E-state index is 11.8. The first-order valence-electron chi connectivity index (χ1n) is 7.92. The van der Waals surface area contributed by atoms with Gasteiger partial charge >= 0.3 is 0 Å². The minimum atomic E-state index is -0.154. The third kappa shape index (κ3) is 4.17. The Bertz CT molecular complexity index is 322. The molecule has 5 heteroatoms. The Kier molecular flexibility index (Phi) is 5.81. The van der Waals surface area contributed by atoms with Crippen molar-refractivity contribution in [2.24, 2.45) is 0 Å². The molecule has 0 spiro atoms. The van der Waals surface area contributed by atoms with Crippen molar-refractivity contribution < 1.29 is 9.90 Å². The average Bonchev–Trinajstić information content (AvgIpc) is 2.65. The molecule has 1 aliphatic carbocycles. The number of aliphatic hydroxyl groups is 1. The van der Waals surface area contributed by atoms with E-state index in [1.807, 2.05) is 14.1 Å². The molecule has 2 fully saturated rings. The van der Waals surface area contributed by atoms with E-state index in [4.69, 9.17) is 0 Å². The molecule has 1 saturated heterocycles. The summed E-state index contributed by atoms with van der Waals surface area (Å²) in [6, 6.07) is 0.341. The molecule has 0 aromatic rings. The largest absolute Gasteiger partial charge is 0.391 e. The maximum Gasteiger partial charge on any atom is 0.236 e. The van der Waals surface area contributed by atoms with Gasteiger partial charge in [-0.3, -0.25) is 14.6 Å². The van der Waals surface area contributed by atoms with Crippen LogP contribution in [0.1, 0.15) is 32.1 Å². The zero-order chi connectivity index (χ0) is 14.5. The molecule has 20 heavy (non-hydrogen) atoms. The molecule has 1 N–H and O–H groups in total. The number of aliphatic hydroxyl groups excluding tert-OH is 1. The lowest BCUT2D eigenvalue weighted by Gasteiger charge is -2.37. The molecule has 5 nitrogen and oxygen atoms in total. The normalized spacial score (nSPS) is 29.9. The second-order valence-corrected chi connectivity index (χ2v) is 6.37. The summed E-state index contributed by atoms with van der Waals surface area (Å²) in [5.74, 6) is 0.177. The van der Waals surface area contributed by atoms with E-state index in [0.29, 0.717) is 12.6 Å². The first-order chi connectivity index (χ1) is 9.58. The van der Waals surface area contributed by atoms with Crippen molar-refractivity contribution >= 4 is 5.91 Å². The predicted molar refractivity (Wildman–Crippen MR) is 79.6 cm³/mol. The van der Waals surface area contributed by atoms with Crippen LogP contribution in [0.2, 0.25) is 0 Å².